The van der Waals surface area contributed by atoms with Crippen molar-refractivity contribution in [3.05, 3.63) is 37.7 Å². The van der Waals surface area contributed by atoms with E-state index in [2.05, 4.69) is 10.1 Å². The Bertz CT molecular complexity index is 553. The molecule has 2 rings (SSSR count). The topological polar surface area (TPSA) is 82.1 Å². The van der Waals surface area contributed by atoms with Gasteiger partial charge in [0.1, 0.15) is 0 Å². The van der Waals surface area contributed by atoms with Crippen LogP contribution in [0.1, 0.15) is 5.56 Å². The van der Waals surface area contributed by atoms with Gasteiger partial charge in [0, 0.05) is 40.3 Å². The lowest BCUT2D eigenvalue weighted by Gasteiger charge is -1.99. The Morgan fingerprint density at radius 2 is 2.25 bits per heavy atom. The van der Waals surface area contributed by atoms with Crippen LogP contribution in [0.5, 0.6) is 0 Å². The van der Waals surface area contributed by atoms with E-state index in [1.54, 1.807) is 13.0 Å². The van der Waals surface area contributed by atoms with Crippen LogP contribution in [0.3, 0.4) is 0 Å². The second-order valence-corrected chi connectivity index (χ2v) is 4.09. The Labute approximate surface area is 104 Å². The van der Waals surface area contributed by atoms with Crippen molar-refractivity contribution in [1.29, 1.82) is 0 Å². The number of hydrogen-bond acceptors (Lipinski definition) is 5. The van der Waals surface area contributed by atoms with E-state index in [1.807, 2.05) is 22.6 Å². The van der Waals surface area contributed by atoms with Crippen molar-refractivity contribution < 1.29 is 9.45 Å². The molecule has 0 saturated heterocycles. The van der Waals surface area contributed by atoms with Crippen molar-refractivity contribution in [1.82, 2.24) is 10.1 Å². The molecule has 0 radical (unpaired) electrons. The molecule has 0 spiro atoms. The van der Waals surface area contributed by atoms with Crippen LogP contribution < -0.4 is 0 Å². The molecule has 0 amide bonds. The summed E-state index contributed by atoms with van der Waals surface area (Å²) in [6.07, 6.45) is 0. The number of hydrogen-bond donors (Lipinski definition) is 0. The van der Waals surface area contributed by atoms with Crippen LogP contribution in [-0.2, 0) is 0 Å². The number of aryl methyl sites for hydroxylation is 1. The zero-order valence-corrected chi connectivity index (χ0v) is 10.3. The first-order valence-electron chi connectivity index (χ1n) is 4.32. The molecule has 0 atom stereocenters. The molecule has 1 aromatic heterocycles. The normalized spacial score (nSPS) is 10.4. The smallest absolute Gasteiger partial charge is 0.269 e. The van der Waals surface area contributed by atoms with E-state index >= 15 is 0 Å². The number of rotatable bonds is 2. The van der Waals surface area contributed by atoms with Crippen LogP contribution in [0.25, 0.3) is 11.5 Å². The lowest BCUT2D eigenvalue weighted by molar-refractivity contribution is -0.384. The molecule has 0 fully saturated rings. The molecule has 1 heterocycles. The van der Waals surface area contributed by atoms with Crippen LogP contribution in [-0.4, -0.2) is 15.1 Å². The molecule has 0 saturated carbocycles. The van der Waals surface area contributed by atoms with Crippen LogP contribution in [0.4, 0.5) is 5.69 Å². The van der Waals surface area contributed by atoms with Gasteiger partial charge < -0.3 is 4.52 Å². The highest BCUT2D eigenvalue weighted by Gasteiger charge is 2.13. The summed E-state index contributed by atoms with van der Waals surface area (Å²) in [5.74, 6) is 0.372. The minimum absolute atomic E-state index is 0.0514. The van der Waals surface area contributed by atoms with Crippen molar-refractivity contribution in [2.24, 2.45) is 0 Å². The molecule has 7 heteroatoms. The van der Waals surface area contributed by atoms with Crippen LogP contribution in [0, 0.1) is 20.9 Å². The van der Waals surface area contributed by atoms with Gasteiger partial charge in [-0.05, 0) is 18.6 Å². The predicted molar refractivity (Wildman–Crippen MR) is 63.8 cm³/mol. The van der Waals surface area contributed by atoms with E-state index in [1.165, 1.54) is 12.1 Å². The zero-order valence-electron chi connectivity index (χ0n) is 8.18. The van der Waals surface area contributed by atoms with Crippen molar-refractivity contribution in [3.8, 4) is 11.5 Å². The summed E-state index contributed by atoms with van der Waals surface area (Å²) >= 11 is 1.93. The van der Waals surface area contributed by atoms with Gasteiger partial charge in [-0.2, -0.15) is 4.98 Å². The monoisotopic (exact) mass is 331 g/mol. The van der Waals surface area contributed by atoms with E-state index in [9.17, 15) is 10.1 Å². The molecule has 0 N–H and O–H groups in total. The first kappa shape index (κ1) is 11.0. The molecular formula is C9H6IN3O3. The molecule has 0 bridgehead atoms. The number of non-ortho nitro benzene ring substituents is 1. The fourth-order valence-corrected chi connectivity index (χ4v) is 1.63. The summed E-state index contributed by atoms with van der Waals surface area (Å²) in [7, 11) is 0. The van der Waals surface area contributed by atoms with Crippen LogP contribution in [0.15, 0.2) is 22.7 Å². The molecule has 0 aliphatic heterocycles. The fraction of sp³-hybridized carbons (Fsp3) is 0.111. The number of aromatic nitrogens is 2. The Kier molecular flexibility index (Phi) is 2.86. The van der Waals surface area contributed by atoms with Crippen molar-refractivity contribution >= 4 is 28.3 Å². The molecule has 0 unspecified atom stereocenters. The van der Waals surface area contributed by atoms with E-state index in [0.717, 1.165) is 5.56 Å². The maximum Gasteiger partial charge on any atom is 0.269 e. The van der Waals surface area contributed by atoms with E-state index in [0.29, 0.717) is 15.3 Å². The largest absolute Gasteiger partial charge is 0.333 e. The van der Waals surface area contributed by atoms with Gasteiger partial charge in [0.05, 0.1) is 4.92 Å². The second-order valence-electron chi connectivity index (χ2n) is 3.12. The SMILES string of the molecule is Cc1cc([N+](=O)[O-])ccc1-c1nc(I)no1. The molecule has 82 valence electrons. The molecular weight excluding hydrogens is 325 g/mol. The third-order valence-corrected chi connectivity index (χ3v) is 2.49. The average Bonchev–Trinajstić information content (AvgIpc) is 2.64. The molecule has 1 aromatic carbocycles. The van der Waals surface area contributed by atoms with Gasteiger partial charge in [-0.3, -0.25) is 10.1 Å². The number of nitro groups is 1. The third-order valence-electron chi connectivity index (χ3n) is 2.05. The Hall–Kier alpha value is -1.51. The van der Waals surface area contributed by atoms with Gasteiger partial charge in [0.15, 0.2) is 0 Å². The number of halogens is 1. The Morgan fingerprint density at radius 1 is 1.50 bits per heavy atom. The van der Waals surface area contributed by atoms with Crippen LogP contribution in [0.2, 0.25) is 0 Å². The second kappa shape index (κ2) is 4.16. The molecule has 16 heavy (non-hydrogen) atoms. The molecule has 0 aliphatic rings. The maximum absolute atomic E-state index is 10.6. The summed E-state index contributed by atoms with van der Waals surface area (Å²) in [5.41, 5.74) is 1.49. The quantitative estimate of drug-likeness (QED) is 0.480. The van der Waals surface area contributed by atoms with Gasteiger partial charge in [-0.25, -0.2) is 0 Å². The summed E-state index contributed by atoms with van der Waals surface area (Å²) in [4.78, 5) is 14.2. The van der Waals surface area contributed by atoms with Crippen molar-refractivity contribution in [2.45, 2.75) is 6.92 Å². The van der Waals surface area contributed by atoms with Crippen molar-refractivity contribution in [2.75, 3.05) is 0 Å². The average molecular weight is 331 g/mol. The predicted octanol–water partition coefficient (Wildman–Crippen LogP) is 2.56. The minimum Gasteiger partial charge on any atom is -0.333 e. The Balaban J connectivity index is 2.47. The summed E-state index contributed by atoms with van der Waals surface area (Å²) in [5, 5.41) is 14.2. The lowest BCUT2D eigenvalue weighted by atomic mass is 10.1. The third kappa shape index (κ3) is 2.03. The summed E-state index contributed by atoms with van der Waals surface area (Å²) < 4.78 is 5.50. The van der Waals surface area contributed by atoms with Gasteiger partial charge in [0.2, 0.25) is 3.83 Å². The molecule has 2 aromatic rings. The highest BCUT2D eigenvalue weighted by atomic mass is 127. The van der Waals surface area contributed by atoms with Crippen LogP contribution >= 0.6 is 22.6 Å². The maximum atomic E-state index is 10.6. The first-order valence-corrected chi connectivity index (χ1v) is 5.40. The fourth-order valence-electron chi connectivity index (χ4n) is 1.32. The number of nitro benzene ring substituents is 1. The Morgan fingerprint density at radius 3 is 2.75 bits per heavy atom. The summed E-state index contributed by atoms with van der Waals surface area (Å²) in [6.45, 7) is 1.76. The highest BCUT2D eigenvalue weighted by Crippen LogP contribution is 2.25. The van der Waals surface area contributed by atoms with Crippen molar-refractivity contribution in [3.63, 3.8) is 0 Å². The number of nitrogens with zero attached hydrogens (tertiary/aromatic N) is 3. The molecule has 6 nitrogen and oxygen atoms in total. The standard InChI is InChI=1S/C9H6IN3O3/c1-5-4-6(13(14)15)2-3-7(5)8-11-9(10)12-16-8/h2-4H,1H3. The minimum atomic E-state index is -0.436. The molecule has 0 aliphatic carbocycles. The highest BCUT2D eigenvalue weighted by molar-refractivity contribution is 14.1. The number of benzene rings is 1. The summed E-state index contributed by atoms with van der Waals surface area (Å²) in [6, 6.07) is 4.50. The van der Waals surface area contributed by atoms with Gasteiger partial charge >= 0.3 is 0 Å². The first-order chi connectivity index (χ1) is 7.58. The lowest BCUT2D eigenvalue weighted by Crippen LogP contribution is -1.90. The van der Waals surface area contributed by atoms with E-state index in [-0.39, 0.29) is 5.69 Å². The zero-order chi connectivity index (χ0) is 11.7. The van der Waals surface area contributed by atoms with Gasteiger partial charge in [0.25, 0.3) is 11.6 Å². The van der Waals surface area contributed by atoms with Gasteiger partial charge in [-0.15, -0.1) is 0 Å². The van der Waals surface area contributed by atoms with E-state index < -0.39 is 4.92 Å². The van der Waals surface area contributed by atoms with Gasteiger partial charge in [-0.1, -0.05) is 5.16 Å². The van der Waals surface area contributed by atoms with E-state index in [4.69, 9.17) is 4.52 Å².